The second kappa shape index (κ2) is 4.90. The predicted molar refractivity (Wildman–Crippen MR) is 67.6 cm³/mol. The summed E-state index contributed by atoms with van der Waals surface area (Å²) < 4.78 is 14.9. The fourth-order valence-electron chi connectivity index (χ4n) is 1.96. The molecule has 18 heavy (non-hydrogen) atoms. The van der Waals surface area contributed by atoms with Crippen LogP contribution in [0.15, 0.2) is 36.7 Å². The Morgan fingerprint density at radius 3 is 3.00 bits per heavy atom. The molecule has 4 heteroatoms. The third-order valence-corrected chi connectivity index (χ3v) is 3.09. The third kappa shape index (κ3) is 2.96. The van der Waals surface area contributed by atoms with Crippen LogP contribution >= 0.6 is 0 Å². The molecule has 0 amide bonds. The molecule has 1 aliphatic rings. The maximum Gasteiger partial charge on any atom is 0.123 e. The van der Waals surface area contributed by atoms with Crippen LogP contribution in [0.3, 0.4) is 0 Å². The third-order valence-electron chi connectivity index (χ3n) is 3.09. The average Bonchev–Trinajstić information content (AvgIpc) is 3.08. The van der Waals surface area contributed by atoms with Crippen molar-refractivity contribution < 1.29 is 4.39 Å². The van der Waals surface area contributed by atoms with Crippen LogP contribution in [0.1, 0.15) is 24.0 Å². The number of aromatic nitrogens is 2. The summed E-state index contributed by atoms with van der Waals surface area (Å²) in [6, 6.07) is 7.34. The fourth-order valence-corrected chi connectivity index (χ4v) is 1.96. The molecule has 0 radical (unpaired) electrons. The van der Waals surface area contributed by atoms with E-state index in [0.717, 1.165) is 12.1 Å². The molecular formula is C14H16FN3. The summed E-state index contributed by atoms with van der Waals surface area (Å²) in [5, 5.41) is 7.74. The first-order valence-electron chi connectivity index (χ1n) is 6.29. The molecular weight excluding hydrogens is 229 g/mol. The van der Waals surface area contributed by atoms with Gasteiger partial charge in [0.25, 0.3) is 0 Å². The molecule has 1 saturated carbocycles. The summed E-state index contributed by atoms with van der Waals surface area (Å²) in [5.41, 5.74) is 2.11. The molecule has 1 N–H and O–H groups in total. The van der Waals surface area contributed by atoms with Gasteiger partial charge in [-0.3, -0.25) is 4.68 Å². The molecule has 3 nitrogen and oxygen atoms in total. The molecule has 0 unspecified atom stereocenters. The lowest BCUT2D eigenvalue weighted by atomic mass is 10.2. The topological polar surface area (TPSA) is 29.9 Å². The first-order valence-corrected chi connectivity index (χ1v) is 6.29. The van der Waals surface area contributed by atoms with Gasteiger partial charge in [0.15, 0.2) is 0 Å². The SMILES string of the molecule is Fc1cccc(Cn2cc(CNC3CC3)cn2)c1. The van der Waals surface area contributed by atoms with E-state index in [1.165, 1.54) is 24.5 Å². The summed E-state index contributed by atoms with van der Waals surface area (Å²) in [6.45, 7) is 1.48. The Labute approximate surface area is 106 Å². The minimum atomic E-state index is -0.199. The van der Waals surface area contributed by atoms with E-state index >= 15 is 0 Å². The number of halogens is 1. The summed E-state index contributed by atoms with van der Waals surface area (Å²) in [7, 11) is 0. The van der Waals surface area contributed by atoms with Gasteiger partial charge in [-0.2, -0.15) is 5.10 Å². The average molecular weight is 245 g/mol. The molecule has 0 saturated heterocycles. The molecule has 1 aromatic carbocycles. The quantitative estimate of drug-likeness (QED) is 0.876. The molecule has 0 spiro atoms. The van der Waals surface area contributed by atoms with Crippen LogP contribution in [0.2, 0.25) is 0 Å². The van der Waals surface area contributed by atoms with Gasteiger partial charge in [0.2, 0.25) is 0 Å². The Morgan fingerprint density at radius 2 is 2.22 bits per heavy atom. The highest BCUT2D eigenvalue weighted by Gasteiger charge is 2.20. The van der Waals surface area contributed by atoms with E-state index in [1.54, 1.807) is 12.1 Å². The summed E-state index contributed by atoms with van der Waals surface area (Å²) in [4.78, 5) is 0. The molecule has 0 bridgehead atoms. The monoisotopic (exact) mass is 245 g/mol. The molecule has 0 aliphatic heterocycles. The van der Waals surface area contributed by atoms with E-state index in [9.17, 15) is 4.39 Å². The van der Waals surface area contributed by atoms with Crippen LogP contribution in [-0.4, -0.2) is 15.8 Å². The lowest BCUT2D eigenvalue weighted by molar-refractivity contribution is 0.619. The predicted octanol–water partition coefficient (Wildman–Crippen LogP) is 2.32. The fraction of sp³-hybridized carbons (Fsp3) is 0.357. The van der Waals surface area contributed by atoms with E-state index in [-0.39, 0.29) is 5.82 Å². The van der Waals surface area contributed by atoms with Crippen molar-refractivity contribution in [2.75, 3.05) is 0 Å². The van der Waals surface area contributed by atoms with Crippen molar-refractivity contribution in [1.29, 1.82) is 0 Å². The van der Waals surface area contributed by atoms with E-state index < -0.39 is 0 Å². The first-order chi connectivity index (χ1) is 8.79. The van der Waals surface area contributed by atoms with Crippen molar-refractivity contribution in [3.63, 3.8) is 0 Å². The zero-order valence-electron chi connectivity index (χ0n) is 10.1. The van der Waals surface area contributed by atoms with Crippen molar-refractivity contribution in [2.45, 2.75) is 32.0 Å². The van der Waals surface area contributed by atoms with Crippen molar-refractivity contribution >= 4 is 0 Å². The van der Waals surface area contributed by atoms with Crippen molar-refractivity contribution in [3.8, 4) is 0 Å². The first kappa shape index (κ1) is 11.4. The van der Waals surface area contributed by atoms with Crippen molar-refractivity contribution in [3.05, 3.63) is 53.6 Å². The molecule has 1 aliphatic carbocycles. The maximum absolute atomic E-state index is 13.1. The Balaban J connectivity index is 1.61. The zero-order valence-corrected chi connectivity index (χ0v) is 10.1. The Bertz CT molecular complexity index is 531. The number of hydrogen-bond donors (Lipinski definition) is 1. The standard InChI is InChI=1S/C14H16FN3/c15-13-3-1-2-11(6-13)9-18-10-12(8-17-18)7-16-14-4-5-14/h1-3,6,8,10,14,16H,4-5,7,9H2. The van der Waals surface area contributed by atoms with E-state index in [0.29, 0.717) is 12.6 Å². The van der Waals surface area contributed by atoms with Gasteiger partial charge >= 0.3 is 0 Å². The minimum absolute atomic E-state index is 0.199. The summed E-state index contributed by atoms with van der Waals surface area (Å²) >= 11 is 0. The van der Waals surface area contributed by atoms with Crippen LogP contribution in [0.4, 0.5) is 4.39 Å². The van der Waals surface area contributed by atoms with Gasteiger partial charge in [0.1, 0.15) is 5.82 Å². The molecule has 1 fully saturated rings. The smallest absolute Gasteiger partial charge is 0.123 e. The van der Waals surface area contributed by atoms with Crippen molar-refractivity contribution in [2.24, 2.45) is 0 Å². The second-order valence-corrected chi connectivity index (χ2v) is 4.83. The lowest BCUT2D eigenvalue weighted by Crippen LogP contribution is -2.14. The highest BCUT2D eigenvalue weighted by molar-refractivity contribution is 5.17. The van der Waals surface area contributed by atoms with Crippen LogP contribution in [0.5, 0.6) is 0 Å². The molecule has 3 rings (SSSR count). The Morgan fingerprint density at radius 1 is 1.33 bits per heavy atom. The number of rotatable bonds is 5. The maximum atomic E-state index is 13.1. The zero-order chi connectivity index (χ0) is 12.4. The van der Waals surface area contributed by atoms with Gasteiger partial charge in [-0.05, 0) is 30.5 Å². The molecule has 1 aromatic heterocycles. The van der Waals surface area contributed by atoms with Crippen molar-refractivity contribution in [1.82, 2.24) is 15.1 Å². The highest BCUT2D eigenvalue weighted by atomic mass is 19.1. The number of nitrogens with one attached hydrogen (secondary N) is 1. The molecule has 2 aromatic rings. The highest BCUT2D eigenvalue weighted by Crippen LogP contribution is 2.19. The number of benzene rings is 1. The van der Waals surface area contributed by atoms with Gasteiger partial charge in [-0.25, -0.2) is 4.39 Å². The minimum Gasteiger partial charge on any atom is -0.310 e. The van der Waals surface area contributed by atoms with E-state index in [1.807, 2.05) is 23.1 Å². The van der Waals surface area contributed by atoms with E-state index in [4.69, 9.17) is 0 Å². The largest absolute Gasteiger partial charge is 0.310 e. The molecule has 1 heterocycles. The lowest BCUT2D eigenvalue weighted by Gasteiger charge is -2.02. The van der Waals surface area contributed by atoms with Crippen LogP contribution in [0.25, 0.3) is 0 Å². The van der Waals surface area contributed by atoms with Gasteiger partial charge in [0, 0.05) is 24.3 Å². The van der Waals surface area contributed by atoms with Gasteiger partial charge < -0.3 is 5.32 Å². The Kier molecular flexibility index (Phi) is 3.11. The van der Waals surface area contributed by atoms with Gasteiger partial charge in [-0.1, -0.05) is 12.1 Å². The number of nitrogens with zero attached hydrogens (tertiary/aromatic N) is 2. The summed E-state index contributed by atoms with van der Waals surface area (Å²) in [5.74, 6) is -0.199. The van der Waals surface area contributed by atoms with Gasteiger partial charge in [-0.15, -0.1) is 0 Å². The normalized spacial score (nSPS) is 14.9. The van der Waals surface area contributed by atoms with Crippen LogP contribution in [-0.2, 0) is 13.1 Å². The van der Waals surface area contributed by atoms with E-state index in [2.05, 4.69) is 10.4 Å². The summed E-state index contributed by atoms with van der Waals surface area (Å²) in [6.07, 6.45) is 6.46. The van der Waals surface area contributed by atoms with Crippen LogP contribution < -0.4 is 5.32 Å². The molecule has 94 valence electrons. The molecule has 0 atom stereocenters. The van der Waals surface area contributed by atoms with Gasteiger partial charge in [0.05, 0.1) is 12.7 Å². The Hall–Kier alpha value is -1.68. The second-order valence-electron chi connectivity index (χ2n) is 4.83. The number of hydrogen-bond acceptors (Lipinski definition) is 2. The van der Waals surface area contributed by atoms with Crippen LogP contribution in [0, 0.1) is 5.82 Å².